The summed E-state index contributed by atoms with van der Waals surface area (Å²) in [5.41, 5.74) is 0.712. The second kappa shape index (κ2) is 10.3. The Kier molecular flexibility index (Phi) is 7.80. The number of carboxylic acid groups (broad SMARTS) is 1. The summed E-state index contributed by atoms with van der Waals surface area (Å²) in [4.78, 5) is 34.4. The van der Waals surface area contributed by atoms with Crippen LogP contribution in [0.5, 0.6) is 11.5 Å². The first-order valence-electron chi connectivity index (χ1n) is 9.30. The molecular weight excluding hydrogens is 390 g/mol. The highest BCUT2D eigenvalue weighted by molar-refractivity contribution is 5.80. The van der Waals surface area contributed by atoms with Crippen LogP contribution in [-0.4, -0.2) is 35.3 Å². The molecule has 0 heterocycles. The molecule has 2 rings (SSSR count). The third-order valence-electron chi connectivity index (χ3n) is 3.85. The average Bonchev–Trinajstić information content (AvgIpc) is 2.66. The third kappa shape index (κ3) is 7.46. The van der Waals surface area contributed by atoms with Crippen LogP contribution in [0, 0.1) is 0 Å². The fourth-order valence-electron chi connectivity index (χ4n) is 2.56. The van der Waals surface area contributed by atoms with Crippen molar-refractivity contribution in [2.24, 2.45) is 0 Å². The van der Waals surface area contributed by atoms with E-state index in [0.29, 0.717) is 11.3 Å². The number of alkyl carbamates (subject to hydrolysis) is 1. The number of aliphatic carboxylic acids is 1. The second-order valence-electron chi connectivity index (χ2n) is 7.51. The predicted molar refractivity (Wildman–Crippen MR) is 108 cm³/mol. The van der Waals surface area contributed by atoms with Crippen LogP contribution in [0.2, 0.25) is 0 Å². The minimum atomic E-state index is -1.22. The summed E-state index contributed by atoms with van der Waals surface area (Å²) in [7, 11) is 0. The largest absolute Gasteiger partial charge is 0.485 e. The van der Waals surface area contributed by atoms with Gasteiger partial charge in [0.05, 0.1) is 0 Å². The molecule has 1 atom stereocenters. The topological polar surface area (TPSA) is 111 Å². The lowest BCUT2D eigenvalue weighted by Crippen LogP contribution is -2.44. The van der Waals surface area contributed by atoms with Crippen molar-refractivity contribution in [3.63, 3.8) is 0 Å². The molecule has 0 unspecified atom stereocenters. The van der Waals surface area contributed by atoms with Crippen molar-refractivity contribution in [3.8, 4) is 11.5 Å². The number of hydrogen-bond donors (Lipinski definition) is 2. The van der Waals surface area contributed by atoms with E-state index in [-0.39, 0.29) is 25.2 Å². The summed E-state index contributed by atoms with van der Waals surface area (Å²) >= 11 is 0. The Morgan fingerprint density at radius 3 is 2.37 bits per heavy atom. The van der Waals surface area contributed by atoms with E-state index in [9.17, 15) is 19.5 Å². The molecule has 0 fully saturated rings. The summed E-state index contributed by atoms with van der Waals surface area (Å²) in [6.07, 6.45) is -0.870. The molecule has 2 N–H and O–H groups in total. The van der Waals surface area contributed by atoms with E-state index >= 15 is 0 Å². The van der Waals surface area contributed by atoms with E-state index in [1.165, 1.54) is 6.07 Å². The molecule has 0 bridgehead atoms. The molecule has 1 amide bonds. The first-order valence-corrected chi connectivity index (χ1v) is 9.30. The van der Waals surface area contributed by atoms with Crippen LogP contribution in [0.15, 0.2) is 48.5 Å². The van der Waals surface area contributed by atoms with Gasteiger partial charge in [-0.2, -0.15) is 0 Å². The van der Waals surface area contributed by atoms with Gasteiger partial charge in [-0.15, -0.1) is 0 Å². The number of carbonyl (C=O) groups excluding carboxylic acids is 2. The van der Waals surface area contributed by atoms with Crippen molar-refractivity contribution < 1.29 is 33.7 Å². The summed E-state index contributed by atoms with van der Waals surface area (Å²) in [5.74, 6) is -0.732. The first kappa shape index (κ1) is 22.7. The Balaban J connectivity index is 2.11. The van der Waals surface area contributed by atoms with Gasteiger partial charge in [-0.1, -0.05) is 36.4 Å². The second-order valence-corrected chi connectivity index (χ2v) is 7.51. The number of amides is 1. The van der Waals surface area contributed by atoms with Crippen LogP contribution >= 0.6 is 0 Å². The molecule has 2 aromatic rings. The predicted octanol–water partition coefficient (Wildman–Crippen LogP) is 3.32. The zero-order chi connectivity index (χ0) is 22.1. The smallest absolute Gasteiger partial charge is 0.408 e. The lowest BCUT2D eigenvalue weighted by molar-refractivity contribution is -0.139. The lowest BCUT2D eigenvalue weighted by Gasteiger charge is -2.22. The van der Waals surface area contributed by atoms with Crippen molar-refractivity contribution in [3.05, 3.63) is 59.7 Å². The highest BCUT2D eigenvalue weighted by Crippen LogP contribution is 2.29. The van der Waals surface area contributed by atoms with E-state index in [1.54, 1.807) is 32.9 Å². The number of rotatable bonds is 9. The molecule has 0 saturated heterocycles. The highest BCUT2D eigenvalue weighted by Gasteiger charge is 2.24. The van der Waals surface area contributed by atoms with Crippen LogP contribution in [0.4, 0.5) is 4.79 Å². The summed E-state index contributed by atoms with van der Waals surface area (Å²) in [5, 5.41) is 11.8. The van der Waals surface area contributed by atoms with Crippen LogP contribution in [0.1, 0.15) is 31.9 Å². The number of ether oxygens (including phenoxy) is 3. The van der Waals surface area contributed by atoms with Crippen LogP contribution in [-0.2, 0) is 27.4 Å². The van der Waals surface area contributed by atoms with Gasteiger partial charge in [0.25, 0.3) is 6.47 Å². The first-order chi connectivity index (χ1) is 14.2. The van der Waals surface area contributed by atoms with E-state index in [0.717, 1.165) is 5.56 Å². The monoisotopic (exact) mass is 415 g/mol. The minimum absolute atomic E-state index is 0.0389. The van der Waals surface area contributed by atoms with Gasteiger partial charge in [-0.05, 0) is 44.0 Å². The molecule has 8 nitrogen and oxygen atoms in total. The zero-order valence-electron chi connectivity index (χ0n) is 17.1. The molecule has 0 spiro atoms. The maximum absolute atomic E-state index is 11.9. The van der Waals surface area contributed by atoms with Crippen molar-refractivity contribution in [2.45, 2.75) is 45.4 Å². The molecule has 0 saturated carbocycles. The molecule has 8 heteroatoms. The zero-order valence-corrected chi connectivity index (χ0v) is 17.1. The van der Waals surface area contributed by atoms with Gasteiger partial charge in [-0.25, -0.2) is 9.59 Å². The van der Waals surface area contributed by atoms with Gasteiger partial charge < -0.3 is 24.6 Å². The quantitative estimate of drug-likeness (QED) is 0.604. The summed E-state index contributed by atoms with van der Waals surface area (Å²) in [6.45, 7) is 5.58. The Hall–Kier alpha value is -3.55. The van der Waals surface area contributed by atoms with Crippen LogP contribution in [0.25, 0.3) is 0 Å². The third-order valence-corrected chi connectivity index (χ3v) is 3.85. The van der Waals surface area contributed by atoms with Gasteiger partial charge in [-0.3, -0.25) is 4.79 Å². The van der Waals surface area contributed by atoms with Gasteiger partial charge in [0.15, 0.2) is 11.5 Å². The molecule has 0 aliphatic heterocycles. The van der Waals surface area contributed by atoms with E-state index in [2.05, 4.69) is 5.32 Å². The van der Waals surface area contributed by atoms with Gasteiger partial charge in [0.1, 0.15) is 18.2 Å². The Morgan fingerprint density at radius 1 is 1.07 bits per heavy atom. The summed E-state index contributed by atoms with van der Waals surface area (Å²) in [6, 6.07) is 13.0. The molecule has 160 valence electrons. The molecule has 0 aromatic heterocycles. The number of carboxylic acids is 1. The highest BCUT2D eigenvalue weighted by atomic mass is 16.6. The van der Waals surface area contributed by atoms with Crippen LogP contribution < -0.4 is 14.8 Å². The van der Waals surface area contributed by atoms with Crippen molar-refractivity contribution in [1.29, 1.82) is 0 Å². The standard InChI is InChI=1S/C22H25NO7/c1-22(2,3)30-21(27)23-17(20(25)26)11-16-9-10-18(19(12-16)29-14-24)28-13-15-7-5-4-6-8-15/h4-10,12,14,17H,11,13H2,1-3H3,(H,23,27)(H,25,26)/t17-/m0/s1. The van der Waals surface area contributed by atoms with Crippen LogP contribution in [0.3, 0.4) is 0 Å². The van der Waals surface area contributed by atoms with Gasteiger partial charge >= 0.3 is 12.1 Å². The van der Waals surface area contributed by atoms with Gasteiger partial charge in [0.2, 0.25) is 0 Å². The molecule has 2 aromatic carbocycles. The van der Waals surface area contributed by atoms with Crippen molar-refractivity contribution in [1.82, 2.24) is 5.32 Å². The van der Waals surface area contributed by atoms with Crippen molar-refractivity contribution >= 4 is 18.5 Å². The molecular formula is C22H25NO7. The molecule has 30 heavy (non-hydrogen) atoms. The maximum atomic E-state index is 11.9. The fourth-order valence-corrected chi connectivity index (χ4v) is 2.56. The van der Waals surface area contributed by atoms with E-state index in [4.69, 9.17) is 14.2 Å². The number of carbonyl (C=O) groups is 3. The lowest BCUT2D eigenvalue weighted by atomic mass is 10.1. The Labute approximate surface area is 174 Å². The number of nitrogens with one attached hydrogen (secondary N) is 1. The number of benzene rings is 2. The van der Waals surface area contributed by atoms with Crippen molar-refractivity contribution in [2.75, 3.05) is 0 Å². The summed E-state index contributed by atoms with van der Waals surface area (Å²) < 4.78 is 15.8. The Morgan fingerprint density at radius 2 is 1.77 bits per heavy atom. The van der Waals surface area contributed by atoms with Gasteiger partial charge in [0, 0.05) is 6.42 Å². The number of hydrogen-bond acceptors (Lipinski definition) is 6. The SMILES string of the molecule is CC(C)(C)OC(=O)N[C@@H](Cc1ccc(OCc2ccccc2)c(OC=O)c1)C(=O)O. The fraction of sp³-hybridized carbons (Fsp3) is 0.318. The van der Waals surface area contributed by atoms with E-state index < -0.39 is 23.7 Å². The van der Waals surface area contributed by atoms with E-state index in [1.807, 2.05) is 30.3 Å². The molecule has 0 aliphatic rings. The Bertz CT molecular complexity index is 875. The minimum Gasteiger partial charge on any atom is -0.485 e. The average molecular weight is 415 g/mol. The normalized spacial score (nSPS) is 11.8. The maximum Gasteiger partial charge on any atom is 0.408 e. The molecule has 0 radical (unpaired) electrons. The molecule has 0 aliphatic carbocycles.